The van der Waals surface area contributed by atoms with Gasteiger partial charge in [-0.1, -0.05) is 78.9 Å². The molecule has 2 nitrogen and oxygen atoms in total. The highest BCUT2D eigenvalue weighted by Crippen LogP contribution is 2.43. The first-order chi connectivity index (χ1) is 19.4. The van der Waals surface area contributed by atoms with Gasteiger partial charge in [0, 0.05) is 47.4 Å². The molecule has 0 aliphatic carbocycles. The normalized spacial score (nSPS) is 12.1. The summed E-state index contributed by atoms with van der Waals surface area (Å²) in [6.45, 7) is 0. The Kier molecular flexibility index (Phi) is 4.24. The van der Waals surface area contributed by atoms with Crippen molar-refractivity contribution in [3.63, 3.8) is 0 Å². The van der Waals surface area contributed by atoms with E-state index in [9.17, 15) is 0 Å². The number of para-hydroxylation sites is 3. The molecule has 0 fully saturated rings. The molecule has 0 radical (unpaired) electrons. The first-order valence-electron chi connectivity index (χ1n) is 13.3. The van der Waals surface area contributed by atoms with Crippen molar-refractivity contribution in [3.05, 3.63) is 133 Å². The fourth-order valence-corrected chi connectivity index (χ4v) is 7.61. The van der Waals surface area contributed by atoms with E-state index in [2.05, 4.69) is 143 Å². The zero-order valence-electron chi connectivity index (χ0n) is 21.0. The maximum atomic E-state index is 2.49. The van der Waals surface area contributed by atoms with E-state index in [0.717, 1.165) is 0 Å². The number of fused-ring (bicyclic) bond motifs is 9. The number of benzene rings is 6. The van der Waals surface area contributed by atoms with Crippen LogP contribution in [0.1, 0.15) is 0 Å². The highest BCUT2D eigenvalue weighted by atomic mass is 32.1. The summed E-state index contributed by atoms with van der Waals surface area (Å²) >= 11 is 1.87. The Morgan fingerprint density at radius 3 is 1.69 bits per heavy atom. The number of rotatable bonds is 2. The Bertz CT molecular complexity index is 2390. The molecule has 0 spiro atoms. The average molecular weight is 515 g/mol. The molecule has 39 heavy (non-hydrogen) atoms. The van der Waals surface area contributed by atoms with Crippen LogP contribution in [0.15, 0.2) is 133 Å². The maximum Gasteiger partial charge on any atom is 0.0555 e. The van der Waals surface area contributed by atoms with E-state index >= 15 is 0 Å². The van der Waals surface area contributed by atoms with Crippen LogP contribution in [0.4, 0.5) is 0 Å². The van der Waals surface area contributed by atoms with E-state index in [1.54, 1.807) is 0 Å². The summed E-state index contributed by atoms with van der Waals surface area (Å²) in [6, 6.07) is 48.7. The molecule has 0 saturated heterocycles. The number of thiophene rings is 1. The van der Waals surface area contributed by atoms with Crippen molar-refractivity contribution in [2.24, 2.45) is 0 Å². The van der Waals surface area contributed by atoms with Crippen molar-refractivity contribution < 1.29 is 0 Å². The molecule has 0 atom stereocenters. The topological polar surface area (TPSA) is 9.86 Å². The molecule has 0 unspecified atom stereocenters. The Balaban J connectivity index is 1.49. The third-order valence-electron chi connectivity index (χ3n) is 8.10. The third-order valence-corrected chi connectivity index (χ3v) is 9.24. The fraction of sp³-hybridized carbons (Fsp3) is 0. The molecule has 0 amide bonds. The van der Waals surface area contributed by atoms with Crippen molar-refractivity contribution in [1.82, 2.24) is 9.13 Å². The van der Waals surface area contributed by atoms with Gasteiger partial charge in [0.25, 0.3) is 0 Å². The van der Waals surface area contributed by atoms with Crippen molar-refractivity contribution in [1.29, 1.82) is 0 Å². The summed E-state index contributed by atoms with van der Waals surface area (Å²) < 4.78 is 7.54. The Morgan fingerprint density at radius 1 is 0.385 bits per heavy atom. The Hall–Kier alpha value is -4.86. The lowest BCUT2D eigenvalue weighted by atomic mass is 10.1. The van der Waals surface area contributed by atoms with Crippen LogP contribution in [-0.2, 0) is 0 Å². The molecule has 6 aromatic carbocycles. The second-order valence-electron chi connectivity index (χ2n) is 10.2. The van der Waals surface area contributed by atoms with E-state index in [4.69, 9.17) is 0 Å². The second-order valence-corrected chi connectivity index (χ2v) is 11.3. The van der Waals surface area contributed by atoms with E-state index in [0.29, 0.717) is 0 Å². The highest BCUT2D eigenvalue weighted by Gasteiger charge is 2.20. The number of aromatic nitrogens is 2. The largest absolute Gasteiger partial charge is 0.309 e. The van der Waals surface area contributed by atoms with Crippen molar-refractivity contribution in [2.75, 3.05) is 0 Å². The smallest absolute Gasteiger partial charge is 0.0555 e. The predicted molar refractivity (Wildman–Crippen MR) is 168 cm³/mol. The van der Waals surface area contributed by atoms with Gasteiger partial charge in [0.15, 0.2) is 0 Å². The van der Waals surface area contributed by atoms with Gasteiger partial charge < -0.3 is 9.13 Å². The van der Waals surface area contributed by atoms with Gasteiger partial charge >= 0.3 is 0 Å². The lowest BCUT2D eigenvalue weighted by Crippen LogP contribution is -1.95. The van der Waals surface area contributed by atoms with E-state index < -0.39 is 0 Å². The SMILES string of the molecule is c1ccc(-n2c3ccccc3c3cc4c(cc32)c2ccccc2n4-c2cccc3sc4ccccc4c23)cc1. The van der Waals surface area contributed by atoms with E-state index in [-0.39, 0.29) is 0 Å². The molecule has 3 heteroatoms. The Morgan fingerprint density at radius 2 is 0.949 bits per heavy atom. The van der Waals surface area contributed by atoms with Crippen LogP contribution in [0, 0.1) is 0 Å². The van der Waals surface area contributed by atoms with Crippen LogP contribution < -0.4 is 0 Å². The minimum absolute atomic E-state index is 1.18. The van der Waals surface area contributed by atoms with Gasteiger partial charge in [0.1, 0.15) is 0 Å². The van der Waals surface area contributed by atoms with Crippen LogP contribution in [0.25, 0.3) is 75.2 Å². The molecule has 3 aromatic heterocycles. The van der Waals surface area contributed by atoms with Gasteiger partial charge in [-0.3, -0.25) is 0 Å². The summed E-state index contributed by atoms with van der Waals surface area (Å²) in [6.07, 6.45) is 0. The second kappa shape index (κ2) is 7.83. The number of hydrogen-bond acceptors (Lipinski definition) is 1. The summed E-state index contributed by atoms with van der Waals surface area (Å²) in [4.78, 5) is 0. The monoisotopic (exact) mass is 514 g/mol. The summed E-state index contributed by atoms with van der Waals surface area (Å²) in [5, 5.41) is 7.74. The number of hydrogen-bond donors (Lipinski definition) is 0. The van der Waals surface area contributed by atoms with Gasteiger partial charge in [-0.05, 0) is 54.6 Å². The minimum atomic E-state index is 1.18. The van der Waals surface area contributed by atoms with Gasteiger partial charge in [0.2, 0.25) is 0 Å². The van der Waals surface area contributed by atoms with Crippen LogP contribution in [0.5, 0.6) is 0 Å². The molecular formula is C36H22N2S. The zero-order valence-corrected chi connectivity index (χ0v) is 21.8. The molecule has 0 N–H and O–H groups in total. The molecule has 0 saturated carbocycles. The standard InChI is InChI=1S/C36H22N2S/c1-2-11-23(12-3-1)37-29-16-7-4-13-24(29)27-22-33-28(21-32(27)37)25-14-5-8-17-30(25)38(33)31-18-10-20-35-36(31)26-15-6-9-19-34(26)39-35/h1-22H. The molecule has 3 heterocycles. The van der Waals surface area contributed by atoms with E-state index in [1.165, 1.54) is 75.2 Å². The zero-order chi connectivity index (χ0) is 25.5. The van der Waals surface area contributed by atoms with Crippen molar-refractivity contribution >= 4 is 75.1 Å². The fourth-order valence-electron chi connectivity index (χ4n) is 6.49. The lowest BCUT2D eigenvalue weighted by molar-refractivity contribution is 1.18. The lowest BCUT2D eigenvalue weighted by Gasteiger charge is -2.11. The van der Waals surface area contributed by atoms with Gasteiger partial charge in [-0.15, -0.1) is 11.3 Å². The number of nitrogens with zero attached hydrogens (tertiary/aromatic N) is 2. The minimum Gasteiger partial charge on any atom is -0.309 e. The summed E-state index contributed by atoms with van der Waals surface area (Å²) in [7, 11) is 0. The van der Waals surface area contributed by atoms with Crippen LogP contribution >= 0.6 is 11.3 Å². The molecule has 0 aliphatic rings. The van der Waals surface area contributed by atoms with Gasteiger partial charge in [-0.25, -0.2) is 0 Å². The molecule has 9 aromatic rings. The predicted octanol–water partition coefficient (Wildman–Crippen LogP) is 10.2. The van der Waals surface area contributed by atoms with Crippen LogP contribution in [0.3, 0.4) is 0 Å². The van der Waals surface area contributed by atoms with Crippen molar-refractivity contribution in [2.45, 2.75) is 0 Å². The molecule has 9 rings (SSSR count). The quantitative estimate of drug-likeness (QED) is 0.217. The van der Waals surface area contributed by atoms with Gasteiger partial charge in [-0.2, -0.15) is 0 Å². The Labute approximate surface area is 228 Å². The first-order valence-corrected chi connectivity index (χ1v) is 14.1. The molecule has 0 aliphatic heterocycles. The summed E-state index contributed by atoms with van der Waals surface area (Å²) in [5.74, 6) is 0. The van der Waals surface area contributed by atoms with E-state index in [1.807, 2.05) is 11.3 Å². The van der Waals surface area contributed by atoms with Gasteiger partial charge in [0.05, 0.1) is 27.8 Å². The van der Waals surface area contributed by atoms with Crippen molar-refractivity contribution in [3.8, 4) is 11.4 Å². The highest BCUT2D eigenvalue weighted by molar-refractivity contribution is 7.25. The molecule has 182 valence electrons. The molecular weight excluding hydrogens is 492 g/mol. The van der Waals surface area contributed by atoms with Crippen LogP contribution in [0.2, 0.25) is 0 Å². The summed E-state index contributed by atoms with van der Waals surface area (Å²) in [5.41, 5.74) is 7.36. The third kappa shape index (κ3) is 2.85. The van der Waals surface area contributed by atoms with Crippen LogP contribution in [-0.4, -0.2) is 9.13 Å². The molecule has 0 bridgehead atoms. The average Bonchev–Trinajstić information content (AvgIpc) is 3.64. The first kappa shape index (κ1) is 21.1. The maximum absolute atomic E-state index is 2.49.